The summed E-state index contributed by atoms with van der Waals surface area (Å²) in [6, 6.07) is 19.7. The van der Waals surface area contributed by atoms with Crippen LogP contribution in [0.5, 0.6) is 0 Å². The molecule has 0 aliphatic rings. The van der Waals surface area contributed by atoms with Crippen LogP contribution in [0, 0.1) is 0 Å². The smallest absolute Gasteiger partial charge is 0.315 e. The Morgan fingerprint density at radius 3 is 1.83 bits per heavy atom. The predicted octanol–water partition coefficient (Wildman–Crippen LogP) is 2.89. The summed E-state index contributed by atoms with van der Waals surface area (Å²) < 4.78 is 0. The van der Waals surface area contributed by atoms with E-state index < -0.39 is 0 Å². The lowest BCUT2D eigenvalue weighted by atomic mass is 9.86. The highest BCUT2D eigenvalue weighted by atomic mass is 16.3. The molecule has 0 spiro atoms. The lowest BCUT2D eigenvalue weighted by Crippen LogP contribution is -2.47. The van der Waals surface area contributed by atoms with Crippen molar-refractivity contribution < 1.29 is 9.90 Å². The van der Waals surface area contributed by atoms with Crippen LogP contribution < -0.4 is 10.6 Å². The highest BCUT2D eigenvalue weighted by Crippen LogP contribution is 2.27. The lowest BCUT2D eigenvalue weighted by Gasteiger charge is -2.26. The molecule has 0 bridgehead atoms. The zero-order valence-electron chi connectivity index (χ0n) is 13.6. The van der Waals surface area contributed by atoms with E-state index in [0.29, 0.717) is 0 Å². The molecule has 3 N–H and O–H groups in total. The van der Waals surface area contributed by atoms with Gasteiger partial charge in [0.05, 0.1) is 12.6 Å². The lowest BCUT2D eigenvalue weighted by molar-refractivity contribution is 0.217. The number of benzene rings is 2. The average molecular weight is 312 g/mol. The molecule has 4 heteroatoms. The van der Waals surface area contributed by atoms with Gasteiger partial charge in [0.15, 0.2) is 0 Å². The molecule has 2 atom stereocenters. The maximum Gasteiger partial charge on any atom is 0.315 e. The molecule has 2 aromatic carbocycles. The average Bonchev–Trinajstić information content (AvgIpc) is 2.56. The van der Waals surface area contributed by atoms with Crippen molar-refractivity contribution in [3.63, 3.8) is 0 Å². The molecule has 0 saturated carbocycles. The Morgan fingerprint density at radius 1 is 0.913 bits per heavy atom. The van der Waals surface area contributed by atoms with E-state index in [1.54, 1.807) is 6.92 Å². The highest BCUT2D eigenvalue weighted by Gasteiger charge is 2.23. The fourth-order valence-electron chi connectivity index (χ4n) is 2.69. The normalized spacial score (nSPS) is 13.4. The van der Waals surface area contributed by atoms with Crippen molar-refractivity contribution in [3.05, 3.63) is 71.8 Å². The first-order chi connectivity index (χ1) is 11.1. The Labute approximate surface area is 137 Å². The van der Waals surface area contributed by atoms with E-state index >= 15 is 0 Å². The van der Waals surface area contributed by atoms with Gasteiger partial charge in [-0.25, -0.2) is 4.79 Å². The van der Waals surface area contributed by atoms with E-state index in [0.717, 1.165) is 11.1 Å². The number of aliphatic hydroxyl groups is 1. The highest BCUT2D eigenvalue weighted by molar-refractivity contribution is 5.74. The molecule has 122 valence electrons. The Bertz CT molecular complexity index is 562. The van der Waals surface area contributed by atoms with E-state index in [-0.39, 0.29) is 30.6 Å². The summed E-state index contributed by atoms with van der Waals surface area (Å²) in [4.78, 5) is 12.1. The van der Waals surface area contributed by atoms with Crippen LogP contribution in [-0.4, -0.2) is 29.8 Å². The largest absolute Gasteiger partial charge is 0.394 e. The maximum atomic E-state index is 12.1. The standard InChI is InChI=1S/C19H24N2O2/c1-14(13-22)20-19(23)21-15(2)18(16-9-5-3-6-10-16)17-11-7-4-8-12-17/h3-12,14-15,18,22H,13H2,1-2H3,(H2,20,21,23). The second-order valence-electron chi connectivity index (χ2n) is 5.79. The van der Waals surface area contributed by atoms with Crippen LogP contribution in [0.25, 0.3) is 0 Å². The van der Waals surface area contributed by atoms with Crippen molar-refractivity contribution in [1.82, 2.24) is 10.6 Å². The minimum absolute atomic E-state index is 0.0626. The third kappa shape index (κ3) is 4.83. The fraction of sp³-hybridized carbons (Fsp3) is 0.316. The molecule has 0 fully saturated rings. The fourth-order valence-corrected chi connectivity index (χ4v) is 2.69. The molecule has 2 rings (SSSR count). The Balaban J connectivity index is 2.19. The number of aliphatic hydroxyl groups excluding tert-OH is 1. The van der Waals surface area contributed by atoms with Crippen molar-refractivity contribution in [3.8, 4) is 0 Å². The first-order valence-electron chi connectivity index (χ1n) is 7.89. The molecule has 0 aromatic heterocycles. The van der Waals surface area contributed by atoms with Crippen molar-refractivity contribution >= 4 is 6.03 Å². The van der Waals surface area contributed by atoms with E-state index in [2.05, 4.69) is 34.9 Å². The summed E-state index contributed by atoms with van der Waals surface area (Å²) in [7, 11) is 0. The zero-order chi connectivity index (χ0) is 16.7. The third-order valence-corrected chi connectivity index (χ3v) is 3.83. The van der Waals surface area contributed by atoms with Gasteiger partial charge in [0.25, 0.3) is 0 Å². The maximum absolute atomic E-state index is 12.1. The Kier molecular flexibility index (Phi) is 6.18. The molecule has 0 aliphatic carbocycles. The van der Waals surface area contributed by atoms with E-state index in [9.17, 15) is 4.79 Å². The molecule has 0 aliphatic heterocycles. The summed E-state index contributed by atoms with van der Waals surface area (Å²) in [5, 5.41) is 14.7. The molecule has 23 heavy (non-hydrogen) atoms. The molecule has 2 unspecified atom stereocenters. The van der Waals surface area contributed by atoms with Crippen LogP contribution in [0.3, 0.4) is 0 Å². The van der Waals surface area contributed by atoms with Crippen LogP contribution in [-0.2, 0) is 0 Å². The Morgan fingerprint density at radius 2 is 1.39 bits per heavy atom. The molecule has 0 saturated heterocycles. The zero-order valence-corrected chi connectivity index (χ0v) is 13.6. The number of amides is 2. The van der Waals surface area contributed by atoms with Crippen molar-refractivity contribution in [2.24, 2.45) is 0 Å². The molecule has 0 radical (unpaired) electrons. The molecule has 0 heterocycles. The van der Waals surface area contributed by atoms with Crippen molar-refractivity contribution in [2.75, 3.05) is 6.61 Å². The second kappa shape index (κ2) is 8.34. The summed E-state index contributed by atoms with van der Waals surface area (Å²) in [6.07, 6.45) is 0. The van der Waals surface area contributed by atoms with Crippen molar-refractivity contribution in [2.45, 2.75) is 31.8 Å². The topological polar surface area (TPSA) is 61.4 Å². The van der Waals surface area contributed by atoms with Gasteiger partial charge in [-0.15, -0.1) is 0 Å². The van der Waals surface area contributed by atoms with Gasteiger partial charge in [0, 0.05) is 12.0 Å². The number of urea groups is 1. The molecule has 2 aromatic rings. The minimum Gasteiger partial charge on any atom is -0.394 e. The minimum atomic E-state index is -0.269. The van der Waals surface area contributed by atoms with Crippen molar-refractivity contribution in [1.29, 1.82) is 0 Å². The van der Waals surface area contributed by atoms with Crippen LogP contribution in [0.4, 0.5) is 4.79 Å². The van der Waals surface area contributed by atoms with Gasteiger partial charge in [0.1, 0.15) is 0 Å². The Hall–Kier alpha value is -2.33. The van der Waals surface area contributed by atoms with Crippen LogP contribution in [0.15, 0.2) is 60.7 Å². The number of hydrogen-bond donors (Lipinski definition) is 3. The second-order valence-corrected chi connectivity index (χ2v) is 5.79. The number of carbonyl (C=O) groups is 1. The van der Waals surface area contributed by atoms with Crippen LogP contribution >= 0.6 is 0 Å². The number of rotatable bonds is 6. The van der Waals surface area contributed by atoms with Gasteiger partial charge >= 0.3 is 6.03 Å². The van der Waals surface area contributed by atoms with Gasteiger partial charge < -0.3 is 15.7 Å². The van der Waals surface area contributed by atoms with Gasteiger partial charge in [-0.05, 0) is 25.0 Å². The number of nitrogens with one attached hydrogen (secondary N) is 2. The first kappa shape index (κ1) is 17.0. The summed E-state index contributed by atoms with van der Waals surface area (Å²) >= 11 is 0. The van der Waals surface area contributed by atoms with E-state index in [1.807, 2.05) is 43.3 Å². The number of carbonyl (C=O) groups excluding carboxylic acids is 1. The summed E-state index contributed by atoms with van der Waals surface area (Å²) in [5.74, 6) is 0.0626. The van der Waals surface area contributed by atoms with Gasteiger partial charge in [-0.2, -0.15) is 0 Å². The molecular weight excluding hydrogens is 288 g/mol. The monoisotopic (exact) mass is 312 g/mol. The SMILES string of the molecule is CC(CO)NC(=O)NC(C)C(c1ccccc1)c1ccccc1. The molecular formula is C19H24N2O2. The first-order valence-corrected chi connectivity index (χ1v) is 7.89. The van der Waals surface area contributed by atoms with Gasteiger partial charge in [0.2, 0.25) is 0 Å². The van der Waals surface area contributed by atoms with Crippen LogP contribution in [0.2, 0.25) is 0 Å². The quantitative estimate of drug-likeness (QED) is 0.768. The van der Waals surface area contributed by atoms with E-state index in [1.165, 1.54) is 0 Å². The third-order valence-electron chi connectivity index (χ3n) is 3.83. The van der Waals surface area contributed by atoms with Crippen LogP contribution in [0.1, 0.15) is 30.9 Å². The molecule has 4 nitrogen and oxygen atoms in total. The number of hydrogen-bond acceptors (Lipinski definition) is 2. The summed E-state index contributed by atoms with van der Waals surface area (Å²) in [6.45, 7) is 3.67. The summed E-state index contributed by atoms with van der Waals surface area (Å²) in [5.41, 5.74) is 2.31. The predicted molar refractivity (Wildman–Crippen MR) is 92.4 cm³/mol. The molecule has 2 amide bonds. The van der Waals surface area contributed by atoms with Gasteiger partial charge in [-0.1, -0.05) is 60.7 Å². The van der Waals surface area contributed by atoms with Gasteiger partial charge in [-0.3, -0.25) is 0 Å². The van der Waals surface area contributed by atoms with E-state index in [4.69, 9.17) is 5.11 Å².